The highest BCUT2D eigenvalue weighted by Crippen LogP contribution is 2.13. The van der Waals surface area contributed by atoms with Crippen molar-refractivity contribution in [3.05, 3.63) is 22.4 Å². The predicted molar refractivity (Wildman–Crippen MR) is 49.1 cm³/mol. The van der Waals surface area contributed by atoms with Gasteiger partial charge in [-0.25, -0.2) is 4.79 Å². The van der Waals surface area contributed by atoms with Crippen molar-refractivity contribution in [2.75, 3.05) is 6.61 Å². The molecule has 3 nitrogen and oxygen atoms in total. The Morgan fingerprint density at radius 2 is 2.33 bits per heavy atom. The van der Waals surface area contributed by atoms with E-state index in [0.717, 1.165) is 4.60 Å². The summed E-state index contributed by atoms with van der Waals surface area (Å²) in [5.74, 6) is -0.286. The van der Waals surface area contributed by atoms with E-state index < -0.39 is 0 Å². The number of hydrogen-bond donors (Lipinski definition) is 0. The van der Waals surface area contributed by atoms with Crippen molar-refractivity contribution < 1.29 is 9.53 Å². The molecule has 0 aliphatic heterocycles. The zero-order valence-electron chi connectivity index (χ0n) is 7.00. The normalized spacial score (nSPS) is 9.92. The number of esters is 1. The summed E-state index contributed by atoms with van der Waals surface area (Å²) in [5, 5.41) is 0. The molecule has 0 aliphatic rings. The number of aromatic nitrogens is 1. The molecule has 0 bridgehead atoms. The molecule has 12 heavy (non-hydrogen) atoms. The van der Waals surface area contributed by atoms with E-state index in [-0.39, 0.29) is 5.97 Å². The van der Waals surface area contributed by atoms with Gasteiger partial charge in [0.25, 0.3) is 0 Å². The molecule has 0 amide bonds. The molecule has 4 heteroatoms. The first-order valence-electron chi connectivity index (χ1n) is 3.65. The molecule has 0 saturated carbocycles. The van der Waals surface area contributed by atoms with E-state index in [1.807, 2.05) is 6.07 Å². The van der Waals surface area contributed by atoms with Crippen LogP contribution in [-0.2, 0) is 11.8 Å². The molecule has 0 atom stereocenters. The monoisotopic (exact) mass is 231 g/mol. The van der Waals surface area contributed by atoms with Crippen LogP contribution in [0.3, 0.4) is 0 Å². The second kappa shape index (κ2) is 3.76. The van der Waals surface area contributed by atoms with Gasteiger partial charge in [0.2, 0.25) is 0 Å². The van der Waals surface area contributed by atoms with Crippen LogP contribution in [-0.4, -0.2) is 17.1 Å². The number of hydrogen-bond acceptors (Lipinski definition) is 2. The Kier molecular flexibility index (Phi) is 2.92. The minimum atomic E-state index is -0.286. The first-order chi connectivity index (χ1) is 5.66. The van der Waals surface area contributed by atoms with Crippen LogP contribution in [0.1, 0.15) is 17.4 Å². The third-order valence-corrected chi connectivity index (χ3v) is 2.34. The summed E-state index contributed by atoms with van der Waals surface area (Å²) in [6.07, 6.45) is 0. The van der Waals surface area contributed by atoms with Crippen LogP contribution in [0.4, 0.5) is 0 Å². The van der Waals surface area contributed by atoms with Crippen LogP contribution in [0.2, 0.25) is 0 Å². The highest BCUT2D eigenvalue weighted by molar-refractivity contribution is 9.10. The van der Waals surface area contributed by atoms with Gasteiger partial charge in [-0.2, -0.15) is 0 Å². The molecule has 0 spiro atoms. The molecule has 0 N–H and O–H groups in total. The van der Waals surface area contributed by atoms with Crippen molar-refractivity contribution in [2.45, 2.75) is 6.92 Å². The summed E-state index contributed by atoms with van der Waals surface area (Å²) in [7, 11) is 1.80. The number of nitrogens with zero attached hydrogens (tertiary/aromatic N) is 1. The number of rotatable bonds is 2. The van der Waals surface area contributed by atoms with Gasteiger partial charge in [-0.15, -0.1) is 0 Å². The summed E-state index contributed by atoms with van der Waals surface area (Å²) in [6.45, 7) is 2.19. The zero-order chi connectivity index (χ0) is 9.14. The molecule has 0 saturated heterocycles. The SMILES string of the molecule is CCOC(=O)c1ccc(Br)n1C. The summed E-state index contributed by atoms with van der Waals surface area (Å²) < 4.78 is 7.44. The molecule has 0 radical (unpaired) electrons. The van der Waals surface area contributed by atoms with Crippen molar-refractivity contribution in [3.8, 4) is 0 Å². The third-order valence-electron chi connectivity index (χ3n) is 1.55. The fourth-order valence-electron chi connectivity index (χ4n) is 0.896. The molecule has 1 aromatic heterocycles. The van der Waals surface area contributed by atoms with Crippen LogP contribution in [0, 0.1) is 0 Å². The van der Waals surface area contributed by atoms with Gasteiger partial charge in [0.15, 0.2) is 0 Å². The van der Waals surface area contributed by atoms with Gasteiger partial charge in [0.1, 0.15) is 5.69 Å². The van der Waals surface area contributed by atoms with Crippen molar-refractivity contribution in [2.24, 2.45) is 7.05 Å². The zero-order valence-corrected chi connectivity index (χ0v) is 8.59. The average Bonchev–Trinajstić information content (AvgIpc) is 2.34. The summed E-state index contributed by atoms with van der Waals surface area (Å²) in [6, 6.07) is 3.54. The Balaban J connectivity index is 2.88. The van der Waals surface area contributed by atoms with E-state index in [9.17, 15) is 4.79 Å². The standard InChI is InChI=1S/C8H10BrNO2/c1-3-12-8(11)6-4-5-7(9)10(6)2/h4-5H,3H2,1-2H3. The van der Waals surface area contributed by atoms with Gasteiger partial charge in [-0.3, -0.25) is 0 Å². The number of carbonyl (C=O) groups is 1. The van der Waals surface area contributed by atoms with Crippen molar-refractivity contribution in [1.29, 1.82) is 0 Å². The Bertz CT molecular complexity index is 293. The predicted octanol–water partition coefficient (Wildman–Crippen LogP) is 1.96. The average molecular weight is 232 g/mol. The highest BCUT2D eigenvalue weighted by Gasteiger charge is 2.11. The lowest BCUT2D eigenvalue weighted by molar-refractivity contribution is 0.0515. The van der Waals surface area contributed by atoms with Gasteiger partial charge in [-0.1, -0.05) is 0 Å². The minimum absolute atomic E-state index is 0.286. The van der Waals surface area contributed by atoms with E-state index in [2.05, 4.69) is 15.9 Å². The molecular formula is C8H10BrNO2. The van der Waals surface area contributed by atoms with Crippen molar-refractivity contribution in [3.63, 3.8) is 0 Å². The minimum Gasteiger partial charge on any atom is -0.461 e. The smallest absolute Gasteiger partial charge is 0.354 e. The Morgan fingerprint density at radius 1 is 1.67 bits per heavy atom. The largest absolute Gasteiger partial charge is 0.461 e. The number of ether oxygens (including phenoxy) is 1. The Morgan fingerprint density at radius 3 is 2.75 bits per heavy atom. The van der Waals surface area contributed by atoms with Gasteiger partial charge in [-0.05, 0) is 35.0 Å². The van der Waals surface area contributed by atoms with Gasteiger partial charge in [0.05, 0.1) is 11.2 Å². The highest BCUT2D eigenvalue weighted by atomic mass is 79.9. The first-order valence-corrected chi connectivity index (χ1v) is 4.44. The molecule has 1 heterocycles. The van der Waals surface area contributed by atoms with E-state index in [1.165, 1.54) is 0 Å². The maximum absolute atomic E-state index is 11.2. The van der Waals surface area contributed by atoms with Crippen LogP contribution in [0.15, 0.2) is 16.7 Å². The lowest BCUT2D eigenvalue weighted by Crippen LogP contribution is -2.09. The third kappa shape index (κ3) is 1.69. The topological polar surface area (TPSA) is 31.2 Å². The molecule has 1 rings (SSSR count). The molecule has 0 aromatic carbocycles. The number of halogens is 1. The van der Waals surface area contributed by atoms with Crippen LogP contribution >= 0.6 is 15.9 Å². The fraction of sp³-hybridized carbons (Fsp3) is 0.375. The van der Waals surface area contributed by atoms with Gasteiger partial charge < -0.3 is 9.30 Å². The molecular weight excluding hydrogens is 222 g/mol. The molecule has 1 aromatic rings. The van der Waals surface area contributed by atoms with Gasteiger partial charge >= 0.3 is 5.97 Å². The quantitative estimate of drug-likeness (QED) is 0.730. The lowest BCUT2D eigenvalue weighted by Gasteiger charge is -2.02. The van der Waals surface area contributed by atoms with Crippen LogP contribution in [0.5, 0.6) is 0 Å². The summed E-state index contributed by atoms with van der Waals surface area (Å²) in [5.41, 5.74) is 0.559. The van der Waals surface area contributed by atoms with Crippen molar-refractivity contribution >= 4 is 21.9 Å². The molecule has 66 valence electrons. The summed E-state index contributed by atoms with van der Waals surface area (Å²) in [4.78, 5) is 11.2. The summed E-state index contributed by atoms with van der Waals surface area (Å²) >= 11 is 3.29. The first kappa shape index (κ1) is 9.32. The second-order valence-corrected chi connectivity index (χ2v) is 3.13. The van der Waals surface area contributed by atoms with Crippen LogP contribution in [0.25, 0.3) is 0 Å². The molecule has 0 unspecified atom stereocenters. The Hall–Kier alpha value is -0.770. The molecule has 0 aliphatic carbocycles. The maximum Gasteiger partial charge on any atom is 0.354 e. The lowest BCUT2D eigenvalue weighted by atomic mass is 10.4. The maximum atomic E-state index is 11.2. The molecule has 0 fully saturated rings. The van der Waals surface area contributed by atoms with E-state index in [0.29, 0.717) is 12.3 Å². The Labute approximate surface area is 79.5 Å². The van der Waals surface area contributed by atoms with E-state index in [1.54, 1.807) is 24.6 Å². The van der Waals surface area contributed by atoms with Crippen LogP contribution < -0.4 is 0 Å². The second-order valence-electron chi connectivity index (χ2n) is 2.32. The fourth-order valence-corrected chi connectivity index (χ4v) is 1.22. The van der Waals surface area contributed by atoms with E-state index >= 15 is 0 Å². The van der Waals surface area contributed by atoms with Crippen molar-refractivity contribution in [1.82, 2.24) is 4.57 Å². The van der Waals surface area contributed by atoms with E-state index in [4.69, 9.17) is 4.74 Å². The van der Waals surface area contributed by atoms with Gasteiger partial charge in [0, 0.05) is 7.05 Å². The number of carbonyl (C=O) groups excluding carboxylic acids is 1.